The van der Waals surface area contributed by atoms with E-state index >= 15 is 0 Å². The summed E-state index contributed by atoms with van der Waals surface area (Å²) in [4.78, 5) is 21.1. The summed E-state index contributed by atoms with van der Waals surface area (Å²) in [5, 5.41) is 10.4. The van der Waals surface area contributed by atoms with E-state index in [9.17, 15) is 14.9 Å². The first-order valence-electron chi connectivity index (χ1n) is 4.77. The van der Waals surface area contributed by atoms with Crippen molar-refractivity contribution in [1.29, 1.82) is 0 Å². The molecule has 0 saturated carbocycles. The maximum atomic E-state index is 11.2. The fourth-order valence-electron chi connectivity index (χ4n) is 1.04. The van der Waals surface area contributed by atoms with Gasteiger partial charge in [-0.2, -0.15) is 0 Å². The number of hydrogen-bond acceptors (Lipinski definition) is 4. The van der Waals surface area contributed by atoms with Crippen LogP contribution in [-0.2, 0) is 4.79 Å². The first kappa shape index (κ1) is 13.6. The second-order valence-electron chi connectivity index (χ2n) is 3.16. The molecule has 0 radical (unpaired) electrons. The molecule has 0 aromatic heterocycles. The maximum absolute atomic E-state index is 11.2. The third-order valence-corrected chi connectivity index (χ3v) is 1.94. The third kappa shape index (κ3) is 4.58. The highest BCUT2D eigenvalue weighted by Crippen LogP contribution is 2.12. The van der Waals surface area contributed by atoms with E-state index in [1.54, 1.807) is 0 Å². The lowest BCUT2D eigenvalue weighted by atomic mass is 10.2. The molecule has 0 spiro atoms. The molecule has 0 unspecified atom stereocenters. The highest BCUT2D eigenvalue weighted by molar-refractivity contribution is 7.80. The van der Waals surface area contributed by atoms with Gasteiger partial charge in [0.05, 0.1) is 4.92 Å². The minimum absolute atomic E-state index is 0.00764. The van der Waals surface area contributed by atoms with Gasteiger partial charge >= 0.3 is 0 Å². The molecule has 94 valence electrons. The summed E-state index contributed by atoms with van der Waals surface area (Å²) in [6, 6.07) is 5.77. The summed E-state index contributed by atoms with van der Waals surface area (Å²) < 4.78 is 0. The van der Waals surface area contributed by atoms with Crippen LogP contribution in [0.1, 0.15) is 5.56 Å². The highest BCUT2D eigenvalue weighted by Gasteiger charge is 2.02. The quantitative estimate of drug-likeness (QED) is 0.317. The molecule has 4 N–H and O–H groups in total. The van der Waals surface area contributed by atoms with Crippen LogP contribution in [0.15, 0.2) is 30.3 Å². The topological polar surface area (TPSA) is 110 Å². The van der Waals surface area contributed by atoms with Crippen LogP contribution in [0.25, 0.3) is 6.08 Å². The van der Waals surface area contributed by atoms with Crippen LogP contribution >= 0.6 is 12.2 Å². The molecule has 8 heteroatoms. The number of benzene rings is 1. The number of nitrogens with zero attached hydrogens (tertiary/aromatic N) is 1. The molecule has 1 aromatic carbocycles. The van der Waals surface area contributed by atoms with Crippen molar-refractivity contribution in [2.45, 2.75) is 0 Å². The van der Waals surface area contributed by atoms with Crippen LogP contribution in [0.3, 0.4) is 0 Å². The number of nitro benzene ring substituents is 1. The van der Waals surface area contributed by atoms with Crippen LogP contribution in [0.4, 0.5) is 5.69 Å². The van der Waals surface area contributed by atoms with E-state index in [1.165, 1.54) is 36.4 Å². The van der Waals surface area contributed by atoms with Crippen LogP contribution in [0.5, 0.6) is 0 Å². The Morgan fingerprint density at radius 1 is 1.33 bits per heavy atom. The van der Waals surface area contributed by atoms with Crippen LogP contribution in [0, 0.1) is 10.1 Å². The number of carbonyl (C=O) groups is 1. The van der Waals surface area contributed by atoms with E-state index in [-0.39, 0.29) is 10.8 Å². The minimum Gasteiger partial charge on any atom is -0.375 e. The molecule has 7 nitrogen and oxygen atoms in total. The maximum Gasteiger partial charge on any atom is 0.269 e. The number of thiocarbonyl (C=S) groups is 1. The Bertz CT molecular complexity index is 498. The van der Waals surface area contributed by atoms with Gasteiger partial charge in [-0.3, -0.25) is 25.8 Å². The van der Waals surface area contributed by atoms with Gasteiger partial charge in [0.25, 0.3) is 11.6 Å². The summed E-state index contributed by atoms with van der Waals surface area (Å²) in [7, 11) is 0. The largest absolute Gasteiger partial charge is 0.375 e. The molecule has 0 bridgehead atoms. The van der Waals surface area contributed by atoms with Crippen LogP contribution in [0.2, 0.25) is 0 Å². The number of non-ortho nitro benzene ring substituents is 1. The Hall–Kier alpha value is -2.48. The van der Waals surface area contributed by atoms with Crippen molar-refractivity contribution >= 4 is 35.0 Å². The van der Waals surface area contributed by atoms with Crippen molar-refractivity contribution in [3.63, 3.8) is 0 Å². The van der Waals surface area contributed by atoms with Gasteiger partial charge in [0.1, 0.15) is 0 Å². The van der Waals surface area contributed by atoms with Crippen molar-refractivity contribution < 1.29 is 9.72 Å². The molecule has 0 saturated heterocycles. The number of nitrogens with two attached hydrogens (primary N) is 1. The number of hydrazine groups is 1. The van der Waals surface area contributed by atoms with Crippen LogP contribution in [-0.4, -0.2) is 15.9 Å². The first-order chi connectivity index (χ1) is 8.49. The molecule has 0 heterocycles. The molecule has 1 rings (SSSR count). The standard InChI is InChI=1S/C10H10N4O3S/c11-10(18)13-12-9(15)6-3-7-1-4-8(5-2-7)14(16)17/h1-6H,(H,12,15)(H3,11,13,18)/b6-3+. The summed E-state index contributed by atoms with van der Waals surface area (Å²) >= 11 is 4.49. The monoisotopic (exact) mass is 266 g/mol. The number of nitrogens with one attached hydrogen (secondary N) is 2. The second kappa shape index (κ2) is 6.30. The van der Waals surface area contributed by atoms with Crippen molar-refractivity contribution in [3.8, 4) is 0 Å². The van der Waals surface area contributed by atoms with Gasteiger partial charge in [-0.25, -0.2) is 0 Å². The number of amides is 1. The lowest BCUT2D eigenvalue weighted by Gasteiger charge is -2.02. The number of hydrogen-bond donors (Lipinski definition) is 3. The third-order valence-electron chi connectivity index (χ3n) is 1.84. The lowest BCUT2D eigenvalue weighted by molar-refractivity contribution is -0.384. The SMILES string of the molecule is NC(=S)NNC(=O)/C=C/c1ccc([N+](=O)[O-])cc1. The zero-order chi connectivity index (χ0) is 13.5. The van der Waals surface area contributed by atoms with Gasteiger partial charge in [-0.15, -0.1) is 0 Å². The van der Waals surface area contributed by atoms with Crippen molar-refractivity contribution in [2.75, 3.05) is 0 Å². The van der Waals surface area contributed by atoms with Gasteiger partial charge in [-0.1, -0.05) is 0 Å². The Morgan fingerprint density at radius 3 is 2.44 bits per heavy atom. The molecule has 0 fully saturated rings. The van der Waals surface area contributed by atoms with Crippen molar-refractivity contribution in [3.05, 3.63) is 46.0 Å². The Morgan fingerprint density at radius 2 is 1.94 bits per heavy atom. The molecule has 18 heavy (non-hydrogen) atoms. The van der Waals surface area contributed by atoms with Crippen molar-refractivity contribution in [2.24, 2.45) is 5.73 Å². The first-order valence-corrected chi connectivity index (χ1v) is 5.18. The molecule has 0 aliphatic carbocycles. The Labute approximate surface area is 108 Å². The summed E-state index contributed by atoms with van der Waals surface area (Å²) in [6.45, 7) is 0. The van der Waals surface area contributed by atoms with Crippen molar-refractivity contribution in [1.82, 2.24) is 10.9 Å². The number of rotatable bonds is 3. The average molecular weight is 266 g/mol. The van der Waals surface area contributed by atoms with Gasteiger partial charge in [-0.05, 0) is 36.0 Å². The van der Waals surface area contributed by atoms with Gasteiger partial charge in [0.15, 0.2) is 5.11 Å². The van der Waals surface area contributed by atoms with Gasteiger partial charge in [0, 0.05) is 18.2 Å². The fraction of sp³-hybridized carbons (Fsp3) is 0. The van der Waals surface area contributed by atoms with E-state index in [1.807, 2.05) is 0 Å². The minimum atomic E-state index is -0.494. The lowest BCUT2D eigenvalue weighted by Crippen LogP contribution is -2.43. The van der Waals surface area contributed by atoms with Gasteiger partial charge in [0.2, 0.25) is 0 Å². The highest BCUT2D eigenvalue weighted by atomic mass is 32.1. The fourth-order valence-corrected chi connectivity index (χ4v) is 1.09. The second-order valence-corrected chi connectivity index (χ2v) is 3.60. The zero-order valence-corrected chi connectivity index (χ0v) is 9.94. The molecule has 1 aromatic rings. The number of nitro groups is 1. The molecule has 0 aliphatic rings. The predicted molar refractivity (Wildman–Crippen MR) is 70.2 cm³/mol. The van der Waals surface area contributed by atoms with E-state index in [4.69, 9.17) is 5.73 Å². The summed E-state index contributed by atoms with van der Waals surface area (Å²) in [5.41, 5.74) is 10.3. The molecule has 0 atom stereocenters. The summed E-state index contributed by atoms with van der Waals surface area (Å²) in [5.74, 6) is -0.443. The molecular weight excluding hydrogens is 256 g/mol. The smallest absolute Gasteiger partial charge is 0.269 e. The summed E-state index contributed by atoms with van der Waals surface area (Å²) in [6.07, 6.45) is 2.74. The Balaban J connectivity index is 2.58. The van der Waals surface area contributed by atoms with E-state index in [0.717, 1.165) is 0 Å². The van der Waals surface area contributed by atoms with E-state index < -0.39 is 10.8 Å². The molecule has 0 aliphatic heterocycles. The number of carbonyl (C=O) groups excluding carboxylic acids is 1. The molecular formula is C10H10N4O3S. The average Bonchev–Trinajstić information content (AvgIpc) is 2.34. The van der Waals surface area contributed by atoms with E-state index in [2.05, 4.69) is 23.1 Å². The zero-order valence-electron chi connectivity index (χ0n) is 9.12. The van der Waals surface area contributed by atoms with E-state index in [0.29, 0.717) is 5.56 Å². The molecule has 1 amide bonds. The Kier molecular flexibility index (Phi) is 4.76. The van der Waals surface area contributed by atoms with Crippen LogP contribution < -0.4 is 16.6 Å². The van der Waals surface area contributed by atoms with Gasteiger partial charge < -0.3 is 5.73 Å². The normalized spacial score (nSPS) is 10.0. The predicted octanol–water partition coefficient (Wildman–Crippen LogP) is 0.472.